The number of nitrogens with zero attached hydrogens (tertiary/aromatic N) is 2. The molecule has 0 bridgehead atoms. The third-order valence-corrected chi connectivity index (χ3v) is 5.73. The Labute approximate surface area is 205 Å². The Kier molecular flexibility index (Phi) is 6.45. The van der Waals surface area contributed by atoms with E-state index in [0.29, 0.717) is 11.3 Å². The molecule has 1 unspecified atom stereocenters. The van der Waals surface area contributed by atoms with Crippen molar-refractivity contribution in [3.05, 3.63) is 83.9 Å². The number of hydrogen-bond acceptors (Lipinski definition) is 6. The van der Waals surface area contributed by atoms with Gasteiger partial charge < -0.3 is 15.2 Å². The monoisotopic (exact) mass is 497 g/mol. The predicted molar refractivity (Wildman–Crippen MR) is 126 cm³/mol. The molecule has 0 saturated carbocycles. The third kappa shape index (κ3) is 4.15. The van der Waals surface area contributed by atoms with E-state index in [2.05, 4.69) is 4.99 Å². The molecule has 1 aliphatic rings. The molecule has 7 nitrogen and oxygen atoms in total. The van der Waals surface area contributed by atoms with Crippen LogP contribution in [0.1, 0.15) is 18.1 Å². The number of benzene rings is 3. The number of esters is 1. The van der Waals surface area contributed by atoms with Crippen molar-refractivity contribution in [1.29, 1.82) is 0 Å². The molecule has 1 amide bonds. The third-order valence-electron chi connectivity index (χ3n) is 5.73. The number of para-hydroxylation sites is 2. The topological polar surface area (TPSA) is 94.2 Å². The van der Waals surface area contributed by atoms with Crippen molar-refractivity contribution in [3.63, 3.8) is 0 Å². The lowest BCUT2D eigenvalue weighted by Crippen LogP contribution is -2.42. The highest BCUT2D eigenvalue weighted by Crippen LogP contribution is 2.49. The summed E-state index contributed by atoms with van der Waals surface area (Å²) < 4.78 is 49.9. The summed E-state index contributed by atoms with van der Waals surface area (Å²) in [6, 6.07) is 19.7. The zero-order chi connectivity index (χ0) is 26.1. The van der Waals surface area contributed by atoms with Gasteiger partial charge in [0.05, 0.1) is 6.61 Å². The van der Waals surface area contributed by atoms with Gasteiger partial charge in [-0.1, -0.05) is 66.7 Å². The Hall–Kier alpha value is -4.34. The molecule has 0 spiro atoms. The second-order valence-electron chi connectivity index (χ2n) is 7.91. The molecule has 1 heterocycles. The Morgan fingerprint density at radius 3 is 2.25 bits per heavy atom. The van der Waals surface area contributed by atoms with Crippen molar-refractivity contribution in [2.24, 2.45) is 10.7 Å². The quantitative estimate of drug-likeness (QED) is 0.406. The first-order valence-electron chi connectivity index (χ1n) is 10.9. The van der Waals surface area contributed by atoms with Crippen LogP contribution in [0.4, 0.5) is 13.2 Å². The van der Waals surface area contributed by atoms with Gasteiger partial charge in [0, 0.05) is 23.7 Å². The number of halogens is 3. The van der Waals surface area contributed by atoms with E-state index in [1.54, 1.807) is 25.1 Å². The number of aliphatic imine (C=N–C) groups is 1. The van der Waals surface area contributed by atoms with Crippen molar-refractivity contribution in [3.8, 4) is 22.6 Å². The minimum atomic E-state index is -5.25. The predicted octanol–water partition coefficient (Wildman–Crippen LogP) is 4.25. The van der Waals surface area contributed by atoms with Gasteiger partial charge in [0.15, 0.2) is 5.96 Å². The molecule has 0 aromatic heterocycles. The second-order valence-corrected chi connectivity index (χ2v) is 7.91. The normalized spacial score (nSPS) is 17.6. The maximum absolute atomic E-state index is 13.8. The summed E-state index contributed by atoms with van der Waals surface area (Å²) in [6.45, 7) is 1.98. The number of amides is 1. The first-order valence-corrected chi connectivity index (χ1v) is 10.9. The summed E-state index contributed by atoms with van der Waals surface area (Å²) in [7, 11) is 1.40. The molecule has 2 N–H and O–H groups in total. The fraction of sp³-hybridized carbons (Fsp3) is 0.192. The number of nitrogens with two attached hydrogens (primary N) is 1. The molecule has 1 aliphatic heterocycles. The van der Waals surface area contributed by atoms with Crippen LogP contribution in [0.25, 0.3) is 11.1 Å². The second kappa shape index (κ2) is 9.37. The van der Waals surface area contributed by atoms with Crippen LogP contribution in [-0.4, -0.2) is 42.6 Å². The molecular weight excluding hydrogens is 475 g/mol. The number of carbonyl (C=O) groups is 2. The highest BCUT2D eigenvalue weighted by molar-refractivity contribution is 6.10. The van der Waals surface area contributed by atoms with Gasteiger partial charge in [-0.15, -0.1) is 0 Å². The minimum absolute atomic E-state index is 0.0916. The Balaban J connectivity index is 2.03. The van der Waals surface area contributed by atoms with E-state index in [9.17, 15) is 22.8 Å². The summed E-state index contributed by atoms with van der Waals surface area (Å²) in [5.41, 5.74) is 5.62. The molecule has 4 rings (SSSR count). The smallest absolute Gasteiger partial charge is 0.491 e. The van der Waals surface area contributed by atoms with E-state index < -0.39 is 29.3 Å². The lowest BCUT2D eigenvalue weighted by atomic mass is 9.80. The molecule has 3 aromatic carbocycles. The number of hydrogen-bond donors (Lipinski definition) is 1. The summed E-state index contributed by atoms with van der Waals surface area (Å²) in [5.74, 6) is -3.42. The van der Waals surface area contributed by atoms with Crippen LogP contribution >= 0.6 is 0 Å². The van der Waals surface area contributed by atoms with E-state index in [1.165, 1.54) is 31.3 Å². The lowest BCUT2D eigenvalue weighted by molar-refractivity contribution is -0.189. The number of likely N-dealkylation sites (N-methyl/N-ethyl adjacent to an activating group) is 1. The van der Waals surface area contributed by atoms with Crippen LogP contribution in [-0.2, 0) is 15.1 Å². The standard InChI is InChI=1S/C26H22F3N3O4/c1-3-35-21-17(16-10-5-4-6-11-16)12-9-14-19(21)25(22(33)32(2)24(30)31-25)18-13-7-8-15-20(18)36-23(34)26(27,28)29/h4-15H,3H2,1-2H3,(H2,30,31). The summed E-state index contributed by atoms with van der Waals surface area (Å²) in [4.78, 5) is 31.1. The average molecular weight is 497 g/mol. The summed E-state index contributed by atoms with van der Waals surface area (Å²) >= 11 is 0. The van der Waals surface area contributed by atoms with Crippen molar-refractivity contribution in [2.45, 2.75) is 18.6 Å². The van der Waals surface area contributed by atoms with Gasteiger partial charge in [0.1, 0.15) is 11.5 Å². The van der Waals surface area contributed by atoms with Crippen LogP contribution in [0.15, 0.2) is 77.8 Å². The van der Waals surface area contributed by atoms with E-state index in [4.69, 9.17) is 15.2 Å². The molecule has 0 aliphatic carbocycles. The summed E-state index contributed by atoms with van der Waals surface area (Å²) in [5, 5.41) is 0. The van der Waals surface area contributed by atoms with Crippen molar-refractivity contribution in [1.82, 2.24) is 4.90 Å². The average Bonchev–Trinajstić information content (AvgIpc) is 3.09. The lowest BCUT2D eigenvalue weighted by Gasteiger charge is -2.30. The van der Waals surface area contributed by atoms with Crippen LogP contribution in [0.3, 0.4) is 0 Å². The Bertz CT molecular complexity index is 1340. The zero-order valence-corrected chi connectivity index (χ0v) is 19.4. The van der Waals surface area contributed by atoms with Crippen LogP contribution in [0, 0.1) is 0 Å². The molecule has 0 fully saturated rings. The van der Waals surface area contributed by atoms with Crippen molar-refractivity contribution < 1.29 is 32.2 Å². The molecule has 36 heavy (non-hydrogen) atoms. The molecular formula is C26H22F3N3O4. The largest absolute Gasteiger partial charge is 0.493 e. The maximum atomic E-state index is 13.8. The zero-order valence-electron chi connectivity index (χ0n) is 19.4. The van der Waals surface area contributed by atoms with Gasteiger partial charge in [-0.2, -0.15) is 13.2 Å². The maximum Gasteiger partial charge on any atom is 0.491 e. The number of ether oxygens (including phenoxy) is 2. The van der Waals surface area contributed by atoms with Gasteiger partial charge in [-0.3, -0.25) is 9.69 Å². The summed E-state index contributed by atoms with van der Waals surface area (Å²) in [6.07, 6.45) is -5.25. The Morgan fingerprint density at radius 2 is 1.64 bits per heavy atom. The first-order chi connectivity index (χ1) is 17.1. The number of carbonyl (C=O) groups excluding carboxylic acids is 2. The number of rotatable bonds is 6. The fourth-order valence-electron chi connectivity index (χ4n) is 4.12. The van der Waals surface area contributed by atoms with Crippen LogP contribution in [0.2, 0.25) is 0 Å². The molecule has 3 aromatic rings. The van der Waals surface area contributed by atoms with E-state index in [1.807, 2.05) is 30.3 Å². The van der Waals surface area contributed by atoms with Gasteiger partial charge in [0.2, 0.25) is 5.54 Å². The van der Waals surface area contributed by atoms with Crippen molar-refractivity contribution >= 4 is 17.8 Å². The molecule has 10 heteroatoms. The van der Waals surface area contributed by atoms with Crippen LogP contribution < -0.4 is 15.2 Å². The van der Waals surface area contributed by atoms with Crippen LogP contribution in [0.5, 0.6) is 11.5 Å². The van der Waals surface area contributed by atoms with E-state index in [0.717, 1.165) is 10.5 Å². The highest BCUT2D eigenvalue weighted by atomic mass is 19.4. The minimum Gasteiger partial charge on any atom is -0.493 e. The molecule has 186 valence electrons. The SMILES string of the molecule is CCOc1c(-c2ccccc2)cccc1C1(c2ccccc2OC(=O)C(F)(F)F)N=C(N)N(C)C1=O. The van der Waals surface area contributed by atoms with E-state index in [-0.39, 0.29) is 23.7 Å². The number of guanidine groups is 1. The highest BCUT2D eigenvalue weighted by Gasteiger charge is 2.53. The van der Waals surface area contributed by atoms with Gasteiger partial charge >= 0.3 is 12.1 Å². The van der Waals surface area contributed by atoms with Crippen molar-refractivity contribution in [2.75, 3.05) is 13.7 Å². The molecule has 0 saturated heterocycles. The molecule has 0 radical (unpaired) electrons. The fourth-order valence-corrected chi connectivity index (χ4v) is 4.12. The van der Waals surface area contributed by atoms with Gasteiger partial charge in [-0.05, 0) is 18.6 Å². The number of alkyl halides is 3. The van der Waals surface area contributed by atoms with Gasteiger partial charge in [0.25, 0.3) is 5.91 Å². The Morgan fingerprint density at radius 1 is 1.00 bits per heavy atom. The van der Waals surface area contributed by atoms with E-state index >= 15 is 0 Å². The first kappa shape index (κ1) is 24.8. The van der Waals surface area contributed by atoms with Gasteiger partial charge in [-0.25, -0.2) is 9.79 Å². The molecule has 1 atom stereocenters.